The summed E-state index contributed by atoms with van der Waals surface area (Å²) in [7, 11) is 5.43. The van der Waals surface area contributed by atoms with Crippen LogP contribution in [0, 0.1) is 0 Å². The molecule has 0 spiro atoms. The van der Waals surface area contributed by atoms with E-state index in [2.05, 4.69) is 42.5 Å². The van der Waals surface area contributed by atoms with Crippen molar-refractivity contribution in [2.24, 2.45) is 28.7 Å². The van der Waals surface area contributed by atoms with Gasteiger partial charge in [-0.3, -0.25) is 43.2 Å². The molecule has 0 saturated carbocycles. The van der Waals surface area contributed by atoms with Gasteiger partial charge in [0.2, 0.25) is 23.6 Å². The molecule has 0 radical (unpaired) electrons. The van der Waals surface area contributed by atoms with Gasteiger partial charge in [-0.2, -0.15) is 0 Å². The van der Waals surface area contributed by atoms with E-state index in [1.54, 1.807) is 36.4 Å². The third-order valence-corrected chi connectivity index (χ3v) is 14.7. The minimum Gasteiger partial charge on any atom is -0.496 e. The largest absolute Gasteiger partial charge is 0.496 e. The van der Waals surface area contributed by atoms with Crippen LogP contribution in [0.4, 0.5) is 22.7 Å². The Morgan fingerprint density at radius 1 is 0.341 bits per heavy atom. The lowest BCUT2D eigenvalue weighted by molar-refractivity contribution is -0.118. The number of hydrogen-bond donors (Lipinski definition) is 13. The van der Waals surface area contributed by atoms with E-state index in [9.17, 15) is 43.2 Å². The van der Waals surface area contributed by atoms with E-state index in [0.717, 1.165) is 12.8 Å². The number of amides is 9. The molecule has 0 unspecified atom stereocenters. The van der Waals surface area contributed by atoms with Gasteiger partial charge in [0.15, 0.2) is 0 Å². The number of carbonyl (C=O) groups excluding carboxylic acids is 9. The molecular formula is C65H87N13O13. The predicted octanol–water partition coefficient (Wildman–Crippen LogP) is 5.06. The zero-order valence-corrected chi connectivity index (χ0v) is 52.0. The Kier molecular flexibility index (Phi) is 30.1. The molecular weight excluding hydrogens is 1170 g/mol. The van der Waals surface area contributed by atoms with Gasteiger partial charge in [0.1, 0.15) is 47.2 Å². The molecule has 26 nitrogen and oxygen atoms in total. The second-order valence-corrected chi connectivity index (χ2v) is 21.3. The number of carbonyl (C=O) groups is 9. The van der Waals surface area contributed by atoms with E-state index in [0.29, 0.717) is 89.5 Å². The molecule has 490 valence electrons. The van der Waals surface area contributed by atoms with Crippen molar-refractivity contribution in [3.63, 3.8) is 0 Å². The van der Waals surface area contributed by atoms with Crippen molar-refractivity contribution in [1.82, 2.24) is 21.3 Å². The maximum Gasteiger partial charge on any atom is 0.255 e. The van der Waals surface area contributed by atoms with Crippen LogP contribution in [0.5, 0.6) is 23.0 Å². The number of ether oxygens (including phenoxy) is 4. The third-order valence-electron chi connectivity index (χ3n) is 14.7. The summed E-state index contributed by atoms with van der Waals surface area (Å²) >= 11 is 0. The highest BCUT2D eigenvalue weighted by atomic mass is 16.5. The first-order chi connectivity index (χ1) is 43.9. The number of nitrogens with two attached hydrogens (primary N) is 5. The molecule has 9 amide bonds. The number of primary amides is 1. The summed E-state index contributed by atoms with van der Waals surface area (Å²) in [4.78, 5) is 124. The molecule has 5 aromatic carbocycles. The second kappa shape index (κ2) is 38.0. The molecule has 0 bridgehead atoms. The highest BCUT2D eigenvalue weighted by molar-refractivity contribution is 6.08. The second-order valence-electron chi connectivity index (χ2n) is 21.3. The molecule has 4 atom stereocenters. The zero-order valence-electron chi connectivity index (χ0n) is 52.0. The molecule has 0 fully saturated rings. The van der Waals surface area contributed by atoms with E-state index in [4.69, 9.17) is 47.6 Å². The van der Waals surface area contributed by atoms with Crippen molar-refractivity contribution in [3.05, 3.63) is 131 Å². The minimum atomic E-state index is -1.18. The first kappa shape index (κ1) is 72.1. The molecule has 0 aromatic heterocycles. The van der Waals surface area contributed by atoms with Crippen LogP contribution in [0.3, 0.4) is 0 Å². The lowest BCUT2D eigenvalue weighted by atomic mass is 10.0. The van der Waals surface area contributed by atoms with Gasteiger partial charge in [-0.1, -0.05) is 43.9 Å². The fourth-order valence-electron chi connectivity index (χ4n) is 9.72. The number of benzene rings is 5. The Balaban J connectivity index is 1.34. The first-order valence-corrected chi connectivity index (χ1v) is 30.3. The maximum atomic E-state index is 14.4. The summed E-state index contributed by atoms with van der Waals surface area (Å²) in [5.74, 6) is -5.27. The van der Waals surface area contributed by atoms with Crippen LogP contribution in [0.25, 0.3) is 0 Å². The van der Waals surface area contributed by atoms with Crippen LogP contribution in [0.2, 0.25) is 0 Å². The third kappa shape index (κ3) is 22.4. The van der Waals surface area contributed by atoms with Crippen molar-refractivity contribution in [2.75, 3.05) is 75.9 Å². The number of anilines is 4. The van der Waals surface area contributed by atoms with E-state index >= 15 is 0 Å². The topological polar surface area (TPSA) is 417 Å². The Morgan fingerprint density at radius 3 is 0.890 bits per heavy atom. The van der Waals surface area contributed by atoms with E-state index in [1.807, 2.05) is 0 Å². The molecule has 91 heavy (non-hydrogen) atoms. The average molecular weight is 1260 g/mol. The van der Waals surface area contributed by atoms with Gasteiger partial charge >= 0.3 is 0 Å². The van der Waals surface area contributed by atoms with Crippen molar-refractivity contribution >= 4 is 75.9 Å². The van der Waals surface area contributed by atoms with Crippen LogP contribution in [0.1, 0.15) is 142 Å². The van der Waals surface area contributed by atoms with Gasteiger partial charge in [-0.15, -0.1) is 0 Å². The van der Waals surface area contributed by atoms with Gasteiger partial charge in [0.25, 0.3) is 29.5 Å². The molecule has 5 aromatic rings. The van der Waals surface area contributed by atoms with Crippen LogP contribution in [0.15, 0.2) is 103 Å². The van der Waals surface area contributed by atoms with Crippen molar-refractivity contribution < 1.29 is 62.1 Å². The molecule has 0 aliphatic heterocycles. The van der Waals surface area contributed by atoms with Crippen LogP contribution < -0.4 is 90.2 Å². The molecule has 0 heterocycles. The molecule has 0 aliphatic rings. The van der Waals surface area contributed by atoms with Crippen LogP contribution >= 0.6 is 0 Å². The molecule has 26 heteroatoms. The monoisotopic (exact) mass is 1260 g/mol. The zero-order chi connectivity index (χ0) is 66.2. The summed E-state index contributed by atoms with van der Waals surface area (Å²) in [6.45, 7) is 1.53. The normalized spacial score (nSPS) is 12.1. The highest BCUT2D eigenvalue weighted by Gasteiger charge is 2.29. The summed E-state index contributed by atoms with van der Waals surface area (Å²) in [6, 6.07) is 21.6. The SMILES string of the molecule is COc1ccc(NC(=O)[C@H](CCCCN)NC(=O)c2cc(NC(=O)[C@H](CCCCN)NC(=O)c3cc(NC(=O)[C@H](CCCCCN)NC(=O)c4cc(NC(=O)[C@H](CCCCCN)NC(=O)c5ccccc5)ccc4OC)ccc3OC)ccc2OC)cc1C(N)=O. The fourth-order valence-corrected chi connectivity index (χ4v) is 9.72. The lowest BCUT2D eigenvalue weighted by Crippen LogP contribution is -2.44. The first-order valence-electron chi connectivity index (χ1n) is 30.3. The summed E-state index contributed by atoms with van der Waals surface area (Å²) in [5, 5.41) is 22.4. The number of unbranched alkanes of at least 4 members (excludes halogenated alkanes) is 6. The van der Waals surface area contributed by atoms with Gasteiger partial charge in [-0.25, -0.2) is 0 Å². The highest BCUT2D eigenvalue weighted by Crippen LogP contribution is 2.28. The Bertz CT molecular complexity index is 3280. The summed E-state index contributed by atoms with van der Waals surface area (Å²) in [5.41, 5.74) is 29.6. The standard InChI is InChI=1S/C65H87N13O13/c1-88-53-28-24-41(36-45(53)57(70)79)71-64(86)51(22-12-16-34-68)77-60(82)48-39-44(27-31-56(48)91-4)74-65(87)52(23-13-17-35-69)78-61(83)47-38-43(26-30-55(47)90-3)73-63(85)50(21-11-7-15-33-67)76-59(81)46-37-42(25-29-54(46)89-2)72-62(84)49(20-10-6-14-32-66)75-58(80)40-18-8-5-9-19-40/h5,8-9,18-19,24-31,36-39,49-52H,6-7,10-17,20-23,32-35,66-69H2,1-4H3,(H2,70,79)(H,71,86)(H,72,84)(H,73,85)(H,74,87)(H,75,80)(H,76,81)(H,77,82)(H,78,83)/t49-,50-,51-,52-/m0/s1. The fraction of sp³-hybridized carbons (Fsp3) is 0.400. The molecule has 5 rings (SSSR count). The number of hydrogen-bond acceptors (Lipinski definition) is 17. The minimum absolute atomic E-state index is 0.00528. The smallest absolute Gasteiger partial charge is 0.255 e. The number of rotatable bonds is 39. The van der Waals surface area contributed by atoms with Gasteiger partial charge in [0, 0.05) is 28.3 Å². The van der Waals surface area contributed by atoms with Gasteiger partial charge in [-0.05, 0) is 175 Å². The Morgan fingerprint density at radius 2 is 0.604 bits per heavy atom. The van der Waals surface area contributed by atoms with E-state index < -0.39 is 77.3 Å². The predicted molar refractivity (Wildman–Crippen MR) is 347 cm³/mol. The van der Waals surface area contributed by atoms with Crippen LogP contribution in [-0.4, -0.2) is 132 Å². The lowest BCUT2D eigenvalue weighted by Gasteiger charge is -2.22. The van der Waals surface area contributed by atoms with Gasteiger partial charge in [0.05, 0.1) is 50.7 Å². The van der Waals surface area contributed by atoms with Crippen molar-refractivity contribution in [3.8, 4) is 23.0 Å². The number of methoxy groups -OCH3 is 4. The summed E-state index contributed by atoms with van der Waals surface area (Å²) in [6.07, 6.45) is 6.63. The van der Waals surface area contributed by atoms with E-state index in [1.165, 1.54) is 95.2 Å². The molecule has 0 aliphatic carbocycles. The summed E-state index contributed by atoms with van der Waals surface area (Å²) < 4.78 is 21.9. The van der Waals surface area contributed by atoms with Gasteiger partial charge < -0.3 is 90.2 Å². The van der Waals surface area contributed by atoms with E-state index in [-0.39, 0.29) is 87.3 Å². The quantitative estimate of drug-likeness (QED) is 0.0229. The number of nitrogens with one attached hydrogen (secondary N) is 8. The average Bonchev–Trinajstić information content (AvgIpc) is 2.22. The maximum absolute atomic E-state index is 14.4. The van der Waals surface area contributed by atoms with Crippen molar-refractivity contribution in [2.45, 2.75) is 114 Å². The Hall–Kier alpha value is -9.63. The molecule has 0 saturated heterocycles. The Labute approximate surface area is 529 Å². The van der Waals surface area contributed by atoms with Crippen molar-refractivity contribution in [1.29, 1.82) is 0 Å². The van der Waals surface area contributed by atoms with Crippen LogP contribution in [-0.2, 0) is 19.2 Å². The molecule has 18 N–H and O–H groups in total.